The topological polar surface area (TPSA) is 76.2 Å². The Bertz CT molecular complexity index is 940. The average molecular weight is 323 g/mol. The van der Waals surface area contributed by atoms with Crippen LogP contribution in [0.3, 0.4) is 0 Å². The third-order valence-electron chi connectivity index (χ3n) is 3.94. The van der Waals surface area contributed by atoms with Gasteiger partial charge < -0.3 is 14.4 Å². The summed E-state index contributed by atoms with van der Waals surface area (Å²) >= 11 is 0. The summed E-state index contributed by atoms with van der Waals surface area (Å²) in [5, 5.41) is 18.8. The van der Waals surface area contributed by atoms with E-state index in [1.807, 2.05) is 25.1 Å². The molecule has 1 amide bonds. The molecule has 2 aromatic carbocycles. The number of para-hydroxylation sites is 1. The monoisotopic (exact) mass is 323 g/mol. The Hall–Kier alpha value is -3.15. The smallest absolute Gasteiger partial charge is 0.295 e. The molecular formula is C18H17N3O3. The molecule has 0 aliphatic rings. The molecule has 24 heavy (non-hydrogen) atoms. The van der Waals surface area contributed by atoms with Gasteiger partial charge in [-0.1, -0.05) is 18.2 Å². The van der Waals surface area contributed by atoms with Gasteiger partial charge in [0.2, 0.25) is 5.88 Å². The summed E-state index contributed by atoms with van der Waals surface area (Å²) in [5.41, 5.74) is 2.56. The number of nitrogens with zero attached hydrogens (tertiary/aromatic N) is 3. The fraction of sp³-hybridized carbons (Fsp3) is 0.167. The van der Waals surface area contributed by atoms with E-state index in [0.717, 1.165) is 16.5 Å². The Morgan fingerprint density at radius 2 is 1.88 bits per heavy atom. The number of benzene rings is 2. The lowest BCUT2D eigenvalue weighted by Gasteiger charge is -1.99. The van der Waals surface area contributed by atoms with Crippen molar-refractivity contribution in [3.8, 4) is 11.6 Å². The molecule has 0 saturated carbocycles. The minimum atomic E-state index is -0.485. The Balaban J connectivity index is 1.97. The quantitative estimate of drug-likeness (QED) is 0.736. The van der Waals surface area contributed by atoms with Gasteiger partial charge in [-0.15, -0.1) is 10.2 Å². The molecule has 6 nitrogen and oxygen atoms in total. The van der Waals surface area contributed by atoms with Crippen LogP contribution in [0.4, 0.5) is 5.69 Å². The lowest BCUT2D eigenvalue weighted by atomic mass is 10.1. The van der Waals surface area contributed by atoms with Crippen LogP contribution >= 0.6 is 0 Å². The number of aromatic nitrogens is 1. The number of aryl methyl sites for hydroxylation is 2. The Kier molecular flexibility index (Phi) is 4.04. The summed E-state index contributed by atoms with van der Waals surface area (Å²) in [6, 6.07) is 12.3. The van der Waals surface area contributed by atoms with Crippen molar-refractivity contribution in [1.82, 2.24) is 4.57 Å². The number of aromatic hydroxyl groups is 1. The van der Waals surface area contributed by atoms with Crippen molar-refractivity contribution in [3.05, 3.63) is 53.6 Å². The third-order valence-corrected chi connectivity index (χ3v) is 3.94. The number of ether oxygens (including phenoxy) is 1. The van der Waals surface area contributed by atoms with Crippen molar-refractivity contribution in [3.63, 3.8) is 0 Å². The van der Waals surface area contributed by atoms with Crippen LogP contribution in [0.5, 0.6) is 11.6 Å². The Morgan fingerprint density at radius 3 is 2.54 bits per heavy atom. The lowest BCUT2D eigenvalue weighted by molar-refractivity contribution is 0.0995. The summed E-state index contributed by atoms with van der Waals surface area (Å²) in [6.45, 7) is 1.95. The second-order valence-electron chi connectivity index (χ2n) is 5.44. The van der Waals surface area contributed by atoms with E-state index in [1.54, 1.807) is 43.0 Å². The first-order valence-electron chi connectivity index (χ1n) is 7.40. The second kappa shape index (κ2) is 6.16. The van der Waals surface area contributed by atoms with E-state index in [1.165, 1.54) is 0 Å². The van der Waals surface area contributed by atoms with E-state index in [-0.39, 0.29) is 11.6 Å². The van der Waals surface area contributed by atoms with Crippen LogP contribution in [0.2, 0.25) is 0 Å². The molecule has 0 bridgehead atoms. The fourth-order valence-electron chi connectivity index (χ4n) is 2.67. The maximum absolute atomic E-state index is 12.1. The first-order valence-corrected chi connectivity index (χ1v) is 7.40. The van der Waals surface area contributed by atoms with Crippen molar-refractivity contribution >= 4 is 22.5 Å². The Labute approximate surface area is 139 Å². The number of carbonyl (C=O) groups excluding carboxylic acids is 1. The standard InChI is InChI=1S/C18H17N3O3/c1-11-5-4-6-14-15(18(23)21(2)16(11)14)19-20-17(22)12-7-9-13(24-3)10-8-12/h4-10,23H,1-3H3. The zero-order valence-electron chi connectivity index (χ0n) is 13.6. The van der Waals surface area contributed by atoms with Gasteiger partial charge in [-0.25, -0.2) is 0 Å². The predicted molar refractivity (Wildman–Crippen MR) is 91.2 cm³/mol. The number of carbonyl (C=O) groups is 1. The zero-order chi connectivity index (χ0) is 17.3. The van der Waals surface area contributed by atoms with E-state index >= 15 is 0 Å². The molecule has 0 atom stereocenters. The first kappa shape index (κ1) is 15.7. The van der Waals surface area contributed by atoms with Crippen molar-refractivity contribution in [2.24, 2.45) is 17.3 Å². The highest BCUT2D eigenvalue weighted by Gasteiger charge is 2.16. The second-order valence-corrected chi connectivity index (χ2v) is 5.44. The van der Waals surface area contributed by atoms with Crippen molar-refractivity contribution in [2.75, 3.05) is 7.11 Å². The average Bonchev–Trinajstić information content (AvgIpc) is 2.85. The van der Waals surface area contributed by atoms with Gasteiger partial charge in [-0.2, -0.15) is 0 Å². The van der Waals surface area contributed by atoms with Crippen LogP contribution in [0.1, 0.15) is 15.9 Å². The molecule has 6 heteroatoms. The number of rotatable bonds is 3. The SMILES string of the molecule is COc1ccc(C(=O)N=Nc2c(O)n(C)c3c(C)cccc23)cc1. The maximum atomic E-state index is 12.1. The summed E-state index contributed by atoms with van der Waals surface area (Å²) in [5.74, 6) is 0.151. The van der Waals surface area contributed by atoms with E-state index in [9.17, 15) is 9.90 Å². The molecule has 122 valence electrons. The van der Waals surface area contributed by atoms with Gasteiger partial charge in [0.1, 0.15) is 5.75 Å². The zero-order valence-corrected chi connectivity index (χ0v) is 13.6. The molecule has 0 saturated heterocycles. The minimum Gasteiger partial charge on any atom is -0.497 e. The summed E-state index contributed by atoms with van der Waals surface area (Å²) in [7, 11) is 3.30. The van der Waals surface area contributed by atoms with Crippen molar-refractivity contribution in [2.45, 2.75) is 6.92 Å². The summed E-state index contributed by atoms with van der Waals surface area (Å²) < 4.78 is 6.69. The normalized spacial score (nSPS) is 11.3. The van der Waals surface area contributed by atoms with E-state index in [0.29, 0.717) is 11.3 Å². The van der Waals surface area contributed by atoms with Crippen molar-refractivity contribution in [1.29, 1.82) is 0 Å². The van der Waals surface area contributed by atoms with E-state index in [4.69, 9.17) is 4.74 Å². The number of hydrogen-bond acceptors (Lipinski definition) is 4. The number of azo groups is 1. The fourth-order valence-corrected chi connectivity index (χ4v) is 2.67. The lowest BCUT2D eigenvalue weighted by Crippen LogP contribution is -1.93. The number of methoxy groups -OCH3 is 1. The third kappa shape index (κ3) is 2.62. The van der Waals surface area contributed by atoms with Gasteiger partial charge in [0.15, 0.2) is 5.69 Å². The van der Waals surface area contributed by atoms with Gasteiger partial charge in [0.25, 0.3) is 5.91 Å². The number of amides is 1. The Morgan fingerprint density at radius 1 is 1.17 bits per heavy atom. The predicted octanol–water partition coefficient (Wildman–Crippen LogP) is 4.13. The van der Waals surface area contributed by atoms with Crippen LogP contribution in [-0.4, -0.2) is 22.7 Å². The first-order chi connectivity index (χ1) is 11.5. The van der Waals surface area contributed by atoms with Gasteiger partial charge in [-0.3, -0.25) is 4.79 Å². The molecule has 0 spiro atoms. The van der Waals surface area contributed by atoms with Crippen LogP contribution in [0.25, 0.3) is 10.9 Å². The molecule has 0 fully saturated rings. The minimum absolute atomic E-state index is 0.0226. The van der Waals surface area contributed by atoms with E-state index < -0.39 is 5.91 Å². The molecule has 3 rings (SSSR count). The van der Waals surface area contributed by atoms with Gasteiger partial charge in [0.05, 0.1) is 12.6 Å². The van der Waals surface area contributed by atoms with Crippen LogP contribution in [-0.2, 0) is 7.05 Å². The molecule has 0 aliphatic carbocycles. The molecule has 3 aromatic rings. The van der Waals surface area contributed by atoms with Crippen LogP contribution in [0, 0.1) is 6.92 Å². The van der Waals surface area contributed by atoms with Gasteiger partial charge in [-0.05, 0) is 36.8 Å². The molecule has 0 unspecified atom stereocenters. The highest BCUT2D eigenvalue weighted by Crippen LogP contribution is 2.39. The molecule has 1 N–H and O–H groups in total. The number of fused-ring (bicyclic) bond motifs is 1. The van der Waals surface area contributed by atoms with E-state index in [2.05, 4.69) is 10.2 Å². The van der Waals surface area contributed by atoms with Crippen LogP contribution < -0.4 is 4.74 Å². The molecule has 1 aromatic heterocycles. The van der Waals surface area contributed by atoms with Crippen molar-refractivity contribution < 1.29 is 14.6 Å². The maximum Gasteiger partial charge on any atom is 0.295 e. The number of hydrogen-bond donors (Lipinski definition) is 1. The molecule has 0 aliphatic heterocycles. The van der Waals surface area contributed by atoms with Gasteiger partial charge >= 0.3 is 0 Å². The van der Waals surface area contributed by atoms with Gasteiger partial charge in [0, 0.05) is 18.0 Å². The molecule has 1 heterocycles. The highest BCUT2D eigenvalue weighted by atomic mass is 16.5. The summed E-state index contributed by atoms with van der Waals surface area (Å²) in [4.78, 5) is 12.1. The largest absolute Gasteiger partial charge is 0.497 e. The highest BCUT2D eigenvalue weighted by molar-refractivity contribution is 5.98. The molecule has 0 radical (unpaired) electrons. The van der Waals surface area contributed by atoms with Crippen LogP contribution in [0.15, 0.2) is 52.7 Å². The summed E-state index contributed by atoms with van der Waals surface area (Å²) in [6.07, 6.45) is 0. The molecular weight excluding hydrogens is 306 g/mol.